The van der Waals surface area contributed by atoms with E-state index in [2.05, 4.69) is 44.8 Å². The zero-order valence-corrected chi connectivity index (χ0v) is 12.9. The summed E-state index contributed by atoms with van der Waals surface area (Å²) in [5.74, 6) is 0.787. The number of morpholine rings is 1. The molecule has 108 valence electrons. The van der Waals surface area contributed by atoms with Gasteiger partial charge in [0.25, 0.3) is 0 Å². The van der Waals surface area contributed by atoms with Gasteiger partial charge in [-0.25, -0.2) is 0 Å². The monoisotopic (exact) mass is 256 g/mol. The summed E-state index contributed by atoms with van der Waals surface area (Å²) in [4.78, 5) is 2.51. The number of hydrogen-bond donors (Lipinski definition) is 1. The molecule has 1 heterocycles. The molecule has 1 N–H and O–H groups in total. The zero-order valence-electron chi connectivity index (χ0n) is 12.9. The third kappa shape index (κ3) is 4.87. The predicted molar refractivity (Wildman–Crippen MR) is 78.0 cm³/mol. The van der Waals surface area contributed by atoms with E-state index in [9.17, 15) is 0 Å². The van der Waals surface area contributed by atoms with Gasteiger partial charge >= 0.3 is 0 Å². The van der Waals surface area contributed by atoms with Crippen molar-refractivity contribution in [2.45, 2.75) is 65.6 Å². The molecule has 1 fully saturated rings. The highest BCUT2D eigenvalue weighted by molar-refractivity contribution is 4.78. The normalized spacial score (nSPS) is 23.8. The van der Waals surface area contributed by atoms with Crippen LogP contribution in [0.4, 0.5) is 0 Å². The Morgan fingerprint density at radius 2 is 1.89 bits per heavy atom. The molecule has 0 spiro atoms. The van der Waals surface area contributed by atoms with Gasteiger partial charge in [0.15, 0.2) is 0 Å². The van der Waals surface area contributed by atoms with Crippen LogP contribution in [0.1, 0.15) is 47.5 Å². The quantitative estimate of drug-likeness (QED) is 0.757. The molecule has 0 bridgehead atoms. The molecule has 0 aromatic carbocycles. The Morgan fingerprint density at radius 3 is 2.44 bits per heavy atom. The number of nitrogens with one attached hydrogen (secondary N) is 1. The van der Waals surface area contributed by atoms with Gasteiger partial charge in [-0.3, -0.25) is 4.90 Å². The van der Waals surface area contributed by atoms with E-state index >= 15 is 0 Å². The molecule has 0 aromatic rings. The summed E-state index contributed by atoms with van der Waals surface area (Å²) in [5.41, 5.74) is 0. The summed E-state index contributed by atoms with van der Waals surface area (Å²) >= 11 is 0. The van der Waals surface area contributed by atoms with Crippen molar-refractivity contribution in [1.29, 1.82) is 0 Å². The SMILES string of the molecule is CCC(CC)C(C)NCC1CN(C(C)C)CCO1. The van der Waals surface area contributed by atoms with Crippen LogP contribution in [0.5, 0.6) is 0 Å². The lowest BCUT2D eigenvalue weighted by atomic mass is 9.95. The van der Waals surface area contributed by atoms with Gasteiger partial charge in [0.05, 0.1) is 12.7 Å². The van der Waals surface area contributed by atoms with Gasteiger partial charge in [-0.1, -0.05) is 26.7 Å². The smallest absolute Gasteiger partial charge is 0.0826 e. The average Bonchev–Trinajstić information content (AvgIpc) is 2.38. The topological polar surface area (TPSA) is 24.5 Å². The Labute approximate surface area is 113 Å². The van der Waals surface area contributed by atoms with Crippen molar-refractivity contribution >= 4 is 0 Å². The van der Waals surface area contributed by atoms with Crippen LogP contribution in [0.25, 0.3) is 0 Å². The van der Waals surface area contributed by atoms with Crippen LogP contribution in [0, 0.1) is 5.92 Å². The largest absolute Gasteiger partial charge is 0.374 e. The molecule has 2 unspecified atom stereocenters. The van der Waals surface area contributed by atoms with Crippen molar-refractivity contribution in [2.24, 2.45) is 5.92 Å². The molecule has 18 heavy (non-hydrogen) atoms. The van der Waals surface area contributed by atoms with Crippen LogP contribution in [-0.4, -0.2) is 49.3 Å². The molecule has 2 atom stereocenters. The summed E-state index contributed by atoms with van der Waals surface area (Å²) in [7, 11) is 0. The Bertz CT molecular complexity index is 217. The molecule has 0 amide bonds. The van der Waals surface area contributed by atoms with Gasteiger partial charge < -0.3 is 10.1 Å². The van der Waals surface area contributed by atoms with Crippen LogP contribution in [0.15, 0.2) is 0 Å². The summed E-state index contributed by atoms with van der Waals surface area (Å²) in [6, 6.07) is 1.23. The van der Waals surface area contributed by atoms with Crippen LogP contribution in [0.2, 0.25) is 0 Å². The van der Waals surface area contributed by atoms with E-state index in [0.29, 0.717) is 18.2 Å². The van der Waals surface area contributed by atoms with E-state index in [0.717, 1.165) is 32.2 Å². The maximum atomic E-state index is 5.85. The maximum Gasteiger partial charge on any atom is 0.0826 e. The van der Waals surface area contributed by atoms with Crippen LogP contribution < -0.4 is 5.32 Å². The summed E-state index contributed by atoms with van der Waals surface area (Å²) < 4.78 is 5.85. The second kappa shape index (κ2) is 8.13. The van der Waals surface area contributed by atoms with E-state index < -0.39 is 0 Å². The lowest BCUT2D eigenvalue weighted by Crippen LogP contribution is -2.50. The molecule has 1 rings (SSSR count). The van der Waals surface area contributed by atoms with Crippen molar-refractivity contribution in [2.75, 3.05) is 26.2 Å². The number of hydrogen-bond acceptors (Lipinski definition) is 3. The Kier molecular flexibility index (Phi) is 7.20. The van der Waals surface area contributed by atoms with Crippen molar-refractivity contribution in [3.63, 3.8) is 0 Å². The van der Waals surface area contributed by atoms with Crippen molar-refractivity contribution in [3.8, 4) is 0 Å². The van der Waals surface area contributed by atoms with E-state index in [1.807, 2.05) is 0 Å². The van der Waals surface area contributed by atoms with E-state index in [1.165, 1.54) is 12.8 Å². The first-order valence-corrected chi connectivity index (χ1v) is 7.67. The minimum atomic E-state index is 0.359. The van der Waals surface area contributed by atoms with Gasteiger partial charge in [0.2, 0.25) is 0 Å². The highest BCUT2D eigenvalue weighted by Gasteiger charge is 2.23. The second-order valence-electron chi connectivity index (χ2n) is 5.85. The van der Waals surface area contributed by atoms with Crippen LogP contribution in [-0.2, 0) is 4.74 Å². The van der Waals surface area contributed by atoms with Gasteiger partial charge in [-0.2, -0.15) is 0 Å². The van der Waals surface area contributed by atoms with Gasteiger partial charge in [0, 0.05) is 31.7 Å². The van der Waals surface area contributed by atoms with Crippen molar-refractivity contribution in [1.82, 2.24) is 10.2 Å². The summed E-state index contributed by atoms with van der Waals surface area (Å²) in [5, 5.41) is 3.66. The third-order valence-corrected chi connectivity index (χ3v) is 4.32. The molecule has 0 aromatic heterocycles. The van der Waals surface area contributed by atoms with Gasteiger partial charge in [-0.05, 0) is 26.7 Å². The molecule has 1 saturated heterocycles. The molecule has 3 nitrogen and oxygen atoms in total. The highest BCUT2D eigenvalue weighted by atomic mass is 16.5. The average molecular weight is 256 g/mol. The number of nitrogens with zero attached hydrogens (tertiary/aromatic N) is 1. The maximum absolute atomic E-state index is 5.85. The van der Waals surface area contributed by atoms with Crippen LogP contribution >= 0.6 is 0 Å². The minimum Gasteiger partial charge on any atom is -0.374 e. The molecular weight excluding hydrogens is 224 g/mol. The first-order valence-electron chi connectivity index (χ1n) is 7.67. The van der Waals surface area contributed by atoms with Crippen molar-refractivity contribution in [3.05, 3.63) is 0 Å². The summed E-state index contributed by atoms with van der Waals surface area (Å²) in [6.07, 6.45) is 2.88. The Hall–Kier alpha value is -0.120. The van der Waals surface area contributed by atoms with E-state index in [4.69, 9.17) is 4.74 Å². The molecule has 0 saturated carbocycles. The fourth-order valence-corrected chi connectivity index (χ4v) is 2.81. The third-order valence-electron chi connectivity index (χ3n) is 4.32. The zero-order chi connectivity index (χ0) is 13.5. The Balaban J connectivity index is 2.30. The fraction of sp³-hybridized carbons (Fsp3) is 1.00. The predicted octanol–water partition coefficient (Wildman–Crippen LogP) is 2.51. The Morgan fingerprint density at radius 1 is 1.22 bits per heavy atom. The molecule has 0 aliphatic carbocycles. The van der Waals surface area contributed by atoms with Crippen molar-refractivity contribution < 1.29 is 4.74 Å². The molecule has 1 aliphatic rings. The summed E-state index contributed by atoms with van der Waals surface area (Å²) in [6.45, 7) is 15.4. The minimum absolute atomic E-state index is 0.359. The fourth-order valence-electron chi connectivity index (χ4n) is 2.81. The molecule has 3 heteroatoms. The first-order chi connectivity index (χ1) is 8.58. The van der Waals surface area contributed by atoms with Gasteiger partial charge in [0.1, 0.15) is 0 Å². The number of rotatable bonds is 7. The molecular formula is C15H32N2O. The highest BCUT2D eigenvalue weighted by Crippen LogP contribution is 2.13. The van der Waals surface area contributed by atoms with Crippen LogP contribution in [0.3, 0.4) is 0 Å². The number of ether oxygens (including phenoxy) is 1. The lowest BCUT2D eigenvalue weighted by Gasteiger charge is -2.36. The molecule has 1 aliphatic heterocycles. The first kappa shape index (κ1) is 15.9. The van der Waals surface area contributed by atoms with E-state index in [1.54, 1.807) is 0 Å². The molecule has 0 radical (unpaired) electrons. The lowest BCUT2D eigenvalue weighted by molar-refractivity contribution is -0.0386. The standard InChI is InChI=1S/C15H32N2O/c1-6-14(7-2)13(5)16-10-15-11-17(12(3)4)8-9-18-15/h12-16H,6-11H2,1-5H3. The van der Waals surface area contributed by atoms with Gasteiger partial charge in [-0.15, -0.1) is 0 Å². The van der Waals surface area contributed by atoms with E-state index in [-0.39, 0.29) is 0 Å². The second-order valence-corrected chi connectivity index (χ2v) is 5.85.